The predicted octanol–water partition coefficient (Wildman–Crippen LogP) is 3.23. The van der Waals surface area contributed by atoms with Gasteiger partial charge in [0.1, 0.15) is 0 Å². The number of benzene rings is 1. The Hall–Kier alpha value is -0.563. The van der Waals surface area contributed by atoms with Gasteiger partial charge in [-0.25, -0.2) is 0 Å². The molecular formula is C13H19Si. The molecule has 0 spiro atoms. The van der Waals surface area contributed by atoms with Crippen LogP contribution in [0.3, 0.4) is 0 Å². The largest absolute Gasteiger partial charge is 0.0809 e. The van der Waals surface area contributed by atoms with Gasteiger partial charge in [0, 0.05) is 0 Å². The van der Waals surface area contributed by atoms with Crippen molar-refractivity contribution in [3.8, 4) is 0 Å². The maximum Gasteiger partial charge on any atom is 0.0809 e. The SMILES string of the molecule is [CH2][C](C)[CH]C[Si](C)(C)c1ccccc1. The Morgan fingerprint density at radius 1 is 1.29 bits per heavy atom. The fourth-order valence-electron chi connectivity index (χ4n) is 1.44. The van der Waals surface area contributed by atoms with Crippen LogP contribution >= 0.6 is 0 Å². The third-order valence-electron chi connectivity index (χ3n) is 2.52. The van der Waals surface area contributed by atoms with Crippen molar-refractivity contribution in [3.05, 3.63) is 49.6 Å². The van der Waals surface area contributed by atoms with E-state index in [1.54, 1.807) is 0 Å². The second kappa shape index (κ2) is 4.79. The molecule has 0 unspecified atom stereocenters. The molecule has 1 aromatic rings. The average molecular weight is 203 g/mol. The van der Waals surface area contributed by atoms with Crippen LogP contribution in [0, 0.1) is 19.3 Å². The molecule has 0 aliphatic heterocycles. The summed E-state index contributed by atoms with van der Waals surface area (Å²) in [6, 6.07) is 12.0. The number of hydrogen-bond acceptors (Lipinski definition) is 0. The van der Waals surface area contributed by atoms with Crippen LogP contribution < -0.4 is 5.19 Å². The van der Waals surface area contributed by atoms with Gasteiger partial charge in [-0.1, -0.05) is 55.5 Å². The monoisotopic (exact) mass is 203 g/mol. The summed E-state index contributed by atoms with van der Waals surface area (Å²) in [6.45, 7) is 10.8. The first-order valence-corrected chi connectivity index (χ1v) is 8.27. The summed E-state index contributed by atoms with van der Waals surface area (Å²) in [4.78, 5) is 0. The number of rotatable bonds is 4. The summed E-state index contributed by atoms with van der Waals surface area (Å²) < 4.78 is 0. The van der Waals surface area contributed by atoms with Gasteiger partial charge in [0.25, 0.3) is 0 Å². The molecular weight excluding hydrogens is 184 g/mol. The molecule has 0 bridgehead atoms. The van der Waals surface area contributed by atoms with Gasteiger partial charge < -0.3 is 0 Å². The molecule has 0 aliphatic rings. The first-order valence-electron chi connectivity index (χ1n) is 5.06. The van der Waals surface area contributed by atoms with Crippen molar-refractivity contribution in [3.63, 3.8) is 0 Å². The Morgan fingerprint density at radius 2 is 1.86 bits per heavy atom. The van der Waals surface area contributed by atoms with Gasteiger partial charge >= 0.3 is 0 Å². The topological polar surface area (TPSA) is 0 Å². The van der Waals surface area contributed by atoms with Gasteiger partial charge in [0.05, 0.1) is 8.07 Å². The highest BCUT2D eigenvalue weighted by molar-refractivity contribution is 6.90. The summed E-state index contributed by atoms with van der Waals surface area (Å²) >= 11 is 0. The molecule has 0 aromatic heterocycles. The van der Waals surface area contributed by atoms with Crippen molar-refractivity contribution in [1.29, 1.82) is 0 Å². The first kappa shape index (κ1) is 11.5. The molecule has 0 amide bonds. The van der Waals surface area contributed by atoms with E-state index in [9.17, 15) is 0 Å². The lowest BCUT2D eigenvalue weighted by atomic mass is 10.2. The van der Waals surface area contributed by atoms with Gasteiger partial charge in [0.2, 0.25) is 0 Å². The van der Waals surface area contributed by atoms with Gasteiger partial charge in [-0.2, -0.15) is 0 Å². The fraction of sp³-hybridized carbons (Fsp3) is 0.308. The molecule has 3 radical (unpaired) electrons. The van der Waals surface area contributed by atoms with Crippen LogP contribution in [0.2, 0.25) is 19.1 Å². The van der Waals surface area contributed by atoms with Gasteiger partial charge in [-0.15, -0.1) is 0 Å². The van der Waals surface area contributed by atoms with Crippen LogP contribution in [0.25, 0.3) is 0 Å². The third-order valence-corrected chi connectivity index (χ3v) is 5.64. The smallest absolute Gasteiger partial charge is 0.0654 e. The van der Waals surface area contributed by atoms with Crippen molar-refractivity contribution in [2.75, 3.05) is 0 Å². The van der Waals surface area contributed by atoms with Gasteiger partial charge in [-0.3, -0.25) is 0 Å². The van der Waals surface area contributed by atoms with Crippen LogP contribution in [-0.4, -0.2) is 8.07 Å². The predicted molar refractivity (Wildman–Crippen MR) is 66.9 cm³/mol. The summed E-state index contributed by atoms with van der Waals surface area (Å²) in [5.74, 6) is 1.18. The lowest BCUT2D eigenvalue weighted by Gasteiger charge is -2.23. The minimum Gasteiger partial charge on any atom is -0.0654 e. The van der Waals surface area contributed by atoms with Crippen LogP contribution in [-0.2, 0) is 0 Å². The molecule has 0 atom stereocenters. The van der Waals surface area contributed by atoms with Crippen molar-refractivity contribution < 1.29 is 0 Å². The maximum atomic E-state index is 3.92. The van der Waals surface area contributed by atoms with Crippen LogP contribution in [0.1, 0.15) is 6.92 Å². The van der Waals surface area contributed by atoms with E-state index in [1.165, 1.54) is 17.1 Å². The van der Waals surface area contributed by atoms with Gasteiger partial charge in [0.15, 0.2) is 0 Å². The first-order chi connectivity index (χ1) is 6.52. The van der Waals surface area contributed by atoms with E-state index in [4.69, 9.17) is 0 Å². The van der Waals surface area contributed by atoms with E-state index >= 15 is 0 Å². The standard InChI is InChI=1S/C13H19Si/c1-12(2)10-11-14(3,4)13-8-6-5-7-9-13/h5-10H,1,11H2,2-4H3. The van der Waals surface area contributed by atoms with E-state index < -0.39 is 8.07 Å². The quantitative estimate of drug-likeness (QED) is 0.659. The van der Waals surface area contributed by atoms with Gasteiger partial charge in [-0.05, 0) is 25.3 Å². The average Bonchev–Trinajstić information content (AvgIpc) is 2.16. The molecule has 0 N–H and O–H groups in total. The zero-order valence-electron chi connectivity index (χ0n) is 9.38. The highest BCUT2D eigenvalue weighted by Crippen LogP contribution is 2.16. The molecule has 1 rings (SSSR count). The van der Waals surface area contributed by atoms with Crippen LogP contribution in [0.4, 0.5) is 0 Å². The van der Waals surface area contributed by atoms with Crippen LogP contribution in [0.5, 0.6) is 0 Å². The molecule has 1 heteroatoms. The molecule has 75 valence electrons. The zero-order valence-corrected chi connectivity index (χ0v) is 10.4. The normalized spacial score (nSPS) is 12.1. The van der Waals surface area contributed by atoms with E-state index in [0.717, 1.165) is 0 Å². The van der Waals surface area contributed by atoms with Crippen molar-refractivity contribution in [1.82, 2.24) is 0 Å². The second-order valence-electron chi connectivity index (χ2n) is 4.50. The minimum absolute atomic E-state index is 1.18. The fourth-order valence-corrected chi connectivity index (χ4v) is 3.63. The molecule has 14 heavy (non-hydrogen) atoms. The lowest BCUT2D eigenvalue weighted by molar-refractivity contribution is 1.18. The van der Waals surface area contributed by atoms with Crippen molar-refractivity contribution >= 4 is 13.3 Å². The number of hydrogen-bond donors (Lipinski definition) is 0. The Morgan fingerprint density at radius 3 is 2.36 bits per heavy atom. The van der Waals surface area contributed by atoms with Crippen molar-refractivity contribution in [2.24, 2.45) is 0 Å². The van der Waals surface area contributed by atoms with E-state index in [1.807, 2.05) is 0 Å². The van der Waals surface area contributed by atoms with Crippen LogP contribution in [0.15, 0.2) is 30.3 Å². The third kappa shape index (κ3) is 3.30. The molecule has 0 saturated carbocycles. The van der Waals surface area contributed by atoms with E-state index in [2.05, 4.69) is 63.7 Å². The summed E-state index contributed by atoms with van der Waals surface area (Å²) in [6.07, 6.45) is 2.26. The maximum absolute atomic E-state index is 3.92. The minimum atomic E-state index is -1.26. The second-order valence-corrected chi connectivity index (χ2v) is 9.26. The van der Waals surface area contributed by atoms with E-state index in [0.29, 0.717) is 0 Å². The lowest BCUT2D eigenvalue weighted by Crippen LogP contribution is -2.41. The van der Waals surface area contributed by atoms with E-state index in [-0.39, 0.29) is 0 Å². The molecule has 1 aromatic carbocycles. The summed E-state index contributed by atoms with van der Waals surface area (Å²) in [5, 5.41) is 1.53. The highest BCUT2D eigenvalue weighted by Gasteiger charge is 2.22. The Labute approximate surface area is 89.4 Å². The molecule has 0 nitrogen and oxygen atoms in total. The zero-order chi connectivity index (χ0) is 10.6. The van der Waals surface area contributed by atoms with Crippen molar-refractivity contribution in [2.45, 2.75) is 26.1 Å². The summed E-state index contributed by atoms with van der Waals surface area (Å²) in [7, 11) is -1.26. The summed E-state index contributed by atoms with van der Waals surface area (Å²) in [5.41, 5.74) is 0. The molecule has 0 aliphatic carbocycles. The Balaban J connectivity index is 2.66. The highest BCUT2D eigenvalue weighted by atomic mass is 28.3. The Kier molecular flexibility index (Phi) is 3.94. The molecule has 0 saturated heterocycles. The molecule has 0 fully saturated rings. The Bertz CT molecular complexity index is 262. The molecule has 0 heterocycles.